The molecule has 122 heavy (non-hydrogen) atoms. The van der Waals surface area contributed by atoms with Crippen molar-refractivity contribution in [3.8, 4) is 100 Å². The Labute approximate surface area is 724 Å². The second kappa shape index (κ2) is 31.3. The molecule has 0 radical (unpaired) electrons. The maximum atomic E-state index is 2.77. The third-order valence-corrected chi connectivity index (χ3v) is 30.4. The molecule has 0 spiro atoms. The van der Waals surface area contributed by atoms with Gasteiger partial charge in [0.2, 0.25) is 0 Å². The van der Waals surface area contributed by atoms with Gasteiger partial charge < -0.3 is 9.80 Å². The van der Waals surface area contributed by atoms with Crippen LogP contribution in [0.4, 0.5) is 34.1 Å². The Hall–Kier alpha value is -13.4. The van der Waals surface area contributed by atoms with E-state index in [9.17, 15) is 0 Å². The normalized spacial score (nSPS) is 12.7. The average molecular weight is 1590 g/mol. The predicted molar refractivity (Wildman–Crippen MR) is 528 cm³/mol. The van der Waals surface area contributed by atoms with E-state index in [2.05, 4.69) is 499 Å². The highest BCUT2D eigenvalue weighted by atomic mass is 28.3. The van der Waals surface area contributed by atoms with Crippen LogP contribution in [-0.4, -0.2) is 14.8 Å². The Morgan fingerprint density at radius 2 is 0.434 bits per heavy atom. The number of hydrogen-bond acceptors (Lipinski definition) is 2. The molecule has 17 aromatic rings. The molecule has 0 unspecified atom stereocenters. The van der Waals surface area contributed by atoms with Crippen LogP contribution in [0.2, 0.25) is 0 Å². The van der Waals surface area contributed by atoms with Crippen molar-refractivity contribution >= 4 is 86.0 Å². The van der Waals surface area contributed by atoms with Crippen LogP contribution in [0.25, 0.3) is 100 Å². The minimum Gasteiger partial charge on any atom is -0.310 e. The van der Waals surface area contributed by atoms with Crippen molar-refractivity contribution < 1.29 is 0 Å². The van der Waals surface area contributed by atoms with Gasteiger partial charge in [-0.15, -0.1) is 0 Å². The van der Waals surface area contributed by atoms with E-state index in [4.69, 9.17) is 0 Å². The van der Waals surface area contributed by atoms with Gasteiger partial charge in [-0.25, -0.2) is 0 Å². The van der Waals surface area contributed by atoms with Crippen molar-refractivity contribution in [2.24, 2.45) is 0 Å². The second-order valence-electron chi connectivity index (χ2n) is 37.6. The van der Waals surface area contributed by atoms with Crippen LogP contribution in [0.1, 0.15) is 105 Å². The largest absolute Gasteiger partial charge is 0.310 e. The fraction of sp³-hybridized carbons (Fsp3) is 0.136. The maximum Gasteiger partial charge on any atom is 0.252 e. The molecule has 2 heterocycles. The topological polar surface area (TPSA) is 6.48 Å². The molecule has 19 rings (SSSR count). The summed E-state index contributed by atoms with van der Waals surface area (Å²) in [6, 6.07) is 156. The molecular formula is C118H103BN2Si. The first kappa shape index (κ1) is 78.5. The molecule has 0 fully saturated rings. The zero-order valence-electron chi connectivity index (χ0n) is 72.2. The SMILES string of the molecule is CC(C)(C)c1ccc2c(c1)B1c3cc(-c4ccc([Si](c5ccccc5)(c5ccccc5)c5ccccc5)cc4)ccc3N(c3c(-c4cccc(-c5ccccc5)c4)cc(C(C)(C)C)cc3-c3cccc(-c4ccccc4)c3)c3cc(C(C)(C)C)cc(c31)N2c1c(-c2cccc(-c3ccccc3)c2)cc(C(C)(C)C)cc1-c1cccc(-c2ccccc2)c1. The number of benzene rings is 17. The van der Waals surface area contributed by atoms with E-state index in [0.717, 1.165) is 101 Å². The van der Waals surface area contributed by atoms with E-state index in [1.807, 2.05) is 0 Å². The summed E-state index contributed by atoms with van der Waals surface area (Å²) in [6.45, 7) is 28.4. The lowest BCUT2D eigenvalue weighted by molar-refractivity contribution is 0.590. The Morgan fingerprint density at radius 1 is 0.189 bits per heavy atom. The van der Waals surface area contributed by atoms with Crippen molar-refractivity contribution in [2.75, 3.05) is 9.80 Å². The van der Waals surface area contributed by atoms with E-state index >= 15 is 0 Å². The standard InChI is InChI=1S/C118H103BN2Si/c1-115(2,3)94-63-67-109-107(77-94)119-106-72-89(84-60-64-101(65-61-84)122(98-54-28-17-29-55-98,99-56-30-18-31-57-99)100-58-32-19-33-59-100)62-66-108(106)120(113-102(90-50-34-46-85(68-90)80-38-20-13-21-39-80)73-95(116(4,5)6)74-103(113)91-51-35-47-86(69-91)81-40-22-14-23-41-81)110-78-97(118(10,11)12)79-111(112(110)119)121(109)114-104(92-52-36-48-87(70-92)82-42-24-15-25-43-82)75-96(117(7,8)9)76-105(114)93-53-37-49-88(71-93)83-44-26-16-27-45-83/h13-79H,1-12H3. The van der Waals surface area contributed by atoms with Gasteiger partial charge >= 0.3 is 0 Å². The third kappa shape index (κ3) is 14.5. The van der Waals surface area contributed by atoms with Crippen LogP contribution in [0.5, 0.6) is 0 Å². The minimum absolute atomic E-state index is 0.231. The summed E-state index contributed by atoms with van der Waals surface area (Å²) in [5, 5.41) is 5.38. The van der Waals surface area contributed by atoms with Crippen molar-refractivity contribution in [1.82, 2.24) is 0 Å². The highest BCUT2D eigenvalue weighted by Gasteiger charge is 2.48. The summed E-state index contributed by atoms with van der Waals surface area (Å²) in [5.41, 5.74) is 35.3. The summed E-state index contributed by atoms with van der Waals surface area (Å²) in [6.07, 6.45) is 0. The van der Waals surface area contributed by atoms with Crippen molar-refractivity contribution in [3.05, 3.63) is 429 Å². The van der Waals surface area contributed by atoms with E-state index in [-0.39, 0.29) is 28.4 Å². The first-order valence-corrected chi connectivity index (χ1v) is 45.4. The Balaban J connectivity index is 0.965. The maximum absolute atomic E-state index is 2.90. The van der Waals surface area contributed by atoms with Gasteiger partial charge in [0.1, 0.15) is 0 Å². The summed E-state index contributed by atoms with van der Waals surface area (Å²) in [4.78, 5) is 5.53. The van der Waals surface area contributed by atoms with Crippen molar-refractivity contribution in [3.63, 3.8) is 0 Å². The highest BCUT2D eigenvalue weighted by Crippen LogP contribution is 2.56. The first-order valence-electron chi connectivity index (χ1n) is 43.4. The van der Waals surface area contributed by atoms with Gasteiger partial charge in [0.15, 0.2) is 8.07 Å². The fourth-order valence-corrected chi connectivity index (χ4v) is 23.8. The van der Waals surface area contributed by atoms with Gasteiger partial charge in [-0.3, -0.25) is 0 Å². The lowest BCUT2D eigenvalue weighted by Crippen LogP contribution is -2.74. The van der Waals surface area contributed by atoms with Gasteiger partial charge in [0.05, 0.1) is 11.4 Å². The number of anilines is 6. The van der Waals surface area contributed by atoms with Gasteiger partial charge in [0, 0.05) is 45.0 Å². The van der Waals surface area contributed by atoms with Crippen LogP contribution >= 0.6 is 0 Å². The molecule has 2 aliphatic heterocycles. The molecule has 0 saturated carbocycles. The van der Waals surface area contributed by atoms with Crippen LogP contribution in [0, 0.1) is 0 Å². The molecule has 2 nitrogen and oxygen atoms in total. The first-order chi connectivity index (χ1) is 59.0. The monoisotopic (exact) mass is 1590 g/mol. The molecule has 17 aromatic carbocycles. The molecule has 0 aromatic heterocycles. The number of hydrogen-bond donors (Lipinski definition) is 0. The van der Waals surface area contributed by atoms with Crippen LogP contribution in [0.15, 0.2) is 406 Å². The van der Waals surface area contributed by atoms with Gasteiger partial charge in [-0.2, -0.15) is 0 Å². The van der Waals surface area contributed by atoms with E-state index in [1.54, 1.807) is 0 Å². The number of fused-ring (bicyclic) bond motifs is 4. The zero-order chi connectivity index (χ0) is 83.8. The molecule has 0 aliphatic carbocycles. The second-order valence-corrected chi connectivity index (χ2v) is 41.4. The molecular weight excluding hydrogens is 1480 g/mol. The van der Waals surface area contributed by atoms with Gasteiger partial charge in [-0.1, -0.05) is 417 Å². The molecule has 4 heteroatoms. The number of nitrogens with zero attached hydrogens (tertiary/aromatic N) is 2. The summed E-state index contributed by atoms with van der Waals surface area (Å²) in [5.74, 6) is 0. The smallest absolute Gasteiger partial charge is 0.252 e. The van der Waals surface area contributed by atoms with Crippen molar-refractivity contribution in [1.29, 1.82) is 0 Å². The van der Waals surface area contributed by atoms with E-state index in [0.29, 0.717) is 0 Å². The predicted octanol–water partition coefficient (Wildman–Crippen LogP) is 27.3. The summed E-state index contributed by atoms with van der Waals surface area (Å²) >= 11 is 0. The van der Waals surface area contributed by atoms with E-state index < -0.39 is 8.07 Å². The highest BCUT2D eigenvalue weighted by molar-refractivity contribution is 7.20. The summed E-state index contributed by atoms with van der Waals surface area (Å²) in [7, 11) is -2.90. The summed E-state index contributed by atoms with van der Waals surface area (Å²) < 4.78 is 0. The van der Waals surface area contributed by atoms with Crippen LogP contribution in [0.3, 0.4) is 0 Å². The Bertz CT molecular complexity index is 6430. The molecule has 0 atom stereocenters. The molecule has 0 bridgehead atoms. The number of rotatable bonds is 15. The zero-order valence-corrected chi connectivity index (χ0v) is 73.2. The lowest BCUT2D eigenvalue weighted by atomic mass is 9.33. The van der Waals surface area contributed by atoms with Gasteiger partial charge in [0.25, 0.3) is 6.71 Å². The Kier molecular flexibility index (Phi) is 20.1. The van der Waals surface area contributed by atoms with Crippen LogP contribution in [-0.2, 0) is 21.7 Å². The minimum atomic E-state index is -2.90. The molecule has 2 aliphatic rings. The molecule has 592 valence electrons. The molecule has 0 N–H and O–H groups in total. The van der Waals surface area contributed by atoms with Crippen LogP contribution < -0.4 is 46.9 Å². The van der Waals surface area contributed by atoms with Gasteiger partial charge in [-0.05, 0) is 232 Å². The average Bonchev–Trinajstić information content (AvgIpc) is 0.683. The third-order valence-electron chi connectivity index (χ3n) is 25.6. The van der Waals surface area contributed by atoms with Crippen molar-refractivity contribution in [2.45, 2.75) is 105 Å². The fourth-order valence-electron chi connectivity index (χ4n) is 19.0. The Morgan fingerprint density at radius 3 is 0.754 bits per heavy atom. The lowest BCUT2D eigenvalue weighted by Gasteiger charge is -2.47. The molecule has 0 amide bonds. The van der Waals surface area contributed by atoms with E-state index in [1.165, 1.54) is 92.8 Å². The quantitative estimate of drug-likeness (QED) is 0.0746. The molecule has 0 saturated heterocycles.